The van der Waals surface area contributed by atoms with Crippen molar-refractivity contribution in [2.45, 2.75) is 12.8 Å². The van der Waals surface area contributed by atoms with Crippen molar-refractivity contribution in [1.82, 2.24) is 0 Å². The Bertz CT molecular complexity index is 563. The first-order chi connectivity index (χ1) is 10.5. The number of phenolic OH excluding ortho intramolecular Hbond substituents is 1. The number of ether oxygens (including phenoxy) is 3. The quantitative estimate of drug-likeness (QED) is 0.351. The van der Waals surface area contributed by atoms with Gasteiger partial charge in [0.25, 0.3) is 0 Å². The van der Waals surface area contributed by atoms with E-state index in [2.05, 4.69) is 4.74 Å². The minimum Gasteiger partial charge on any atom is -0.504 e. The van der Waals surface area contributed by atoms with Crippen LogP contribution >= 0.6 is 0 Å². The molecule has 7 heteroatoms. The molecule has 1 N–H and O–H groups in total. The first kappa shape index (κ1) is 17.2. The Morgan fingerprint density at radius 3 is 2.50 bits per heavy atom. The van der Waals surface area contributed by atoms with E-state index in [-0.39, 0.29) is 30.9 Å². The lowest BCUT2D eigenvalue weighted by molar-refractivity contribution is -0.140. The molecule has 0 aliphatic carbocycles. The fraction of sp³-hybridized carbons (Fsp3) is 0.267. The average molecular weight is 308 g/mol. The molecule has 0 bridgehead atoms. The van der Waals surface area contributed by atoms with Gasteiger partial charge in [0.15, 0.2) is 11.5 Å². The van der Waals surface area contributed by atoms with Gasteiger partial charge >= 0.3 is 17.9 Å². The van der Waals surface area contributed by atoms with Crippen molar-refractivity contribution in [3.05, 3.63) is 36.4 Å². The highest BCUT2D eigenvalue weighted by atomic mass is 16.5. The Hall–Kier alpha value is -2.83. The van der Waals surface area contributed by atoms with Crippen molar-refractivity contribution in [2.24, 2.45) is 0 Å². The third-order valence-corrected chi connectivity index (χ3v) is 2.42. The van der Waals surface area contributed by atoms with Crippen LogP contribution in [0.15, 0.2) is 36.4 Å². The van der Waals surface area contributed by atoms with Crippen LogP contribution in [0, 0.1) is 0 Å². The molecule has 1 rings (SSSR count). The number of carbonyl (C=O) groups is 3. The van der Waals surface area contributed by atoms with Crippen LogP contribution in [0.2, 0.25) is 0 Å². The van der Waals surface area contributed by atoms with Crippen LogP contribution in [0.3, 0.4) is 0 Å². The molecule has 0 heterocycles. The number of phenols is 1. The van der Waals surface area contributed by atoms with Crippen LogP contribution in [0.4, 0.5) is 0 Å². The fourth-order valence-corrected chi connectivity index (χ4v) is 1.36. The molecule has 0 saturated carbocycles. The molecule has 0 radical (unpaired) electrons. The molecule has 7 nitrogen and oxygen atoms in total. The van der Waals surface area contributed by atoms with Gasteiger partial charge in [-0.1, -0.05) is 12.1 Å². The summed E-state index contributed by atoms with van der Waals surface area (Å²) in [4.78, 5) is 33.4. The summed E-state index contributed by atoms with van der Waals surface area (Å²) in [6, 6.07) is 6.09. The van der Waals surface area contributed by atoms with Crippen molar-refractivity contribution < 1.29 is 33.7 Å². The first-order valence-corrected chi connectivity index (χ1v) is 6.44. The monoisotopic (exact) mass is 308 g/mol. The number of esters is 3. The van der Waals surface area contributed by atoms with Gasteiger partial charge in [-0.2, -0.15) is 0 Å². The molecule has 0 aromatic heterocycles. The smallest absolute Gasteiger partial charge is 0.331 e. The van der Waals surface area contributed by atoms with Gasteiger partial charge in [-0.3, -0.25) is 4.79 Å². The average Bonchev–Trinajstić information content (AvgIpc) is 2.51. The van der Waals surface area contributed by atoms with Crippen LogP contribution in [0.1, 0.15) is 12.8 Å². The summed E-state index contributed by atoms with van der Waals surface area (Å²) in [7, 11) is 1.19. The van der Waals surface area contributed by atoms with Crippen molar-refractivity contribution in [3.63, 3.8) is 0 Å². The van der Waals surface area contributed by atoms with Gasteiger partial charge in [0.1, 0.15) is 0 Å². The zero-order chi connectivity index (χ0) is 16.4. The van der Waals surface area contributed by atoms with Crippen molar-refractivity contribution in [2.75, 3.05) is 13.7 Å². The first-order valence-electron chi connectivity index (χ1n) is 6.44. The third-order valence-electron chi connectivity index (χ3n) is 2.42. The highest BCUT2D eigenvalue weighted by Gasteiger charge is 2.08. The Labute approximate surface area is 127 Å². The van der Waals surface area contributed by atoms with E-state index in [0.29, 0.717) is 0 Å². The summed E-state index contributed by atoms with van der Waals surface area (Å²) in [5, 5.41) is 9.44. The van der Waals surface area contributed by atoms with Gasteiger partial charge in [0, 0.05) is 18.6 Å². The van der Waals surface area contributed by atoms with E-state index in [1.165, 1.54) is 19.2 Å². The van der Waals surface area contributed by atoms with Gasteiger partial charge < -0.3 is 19.3 Å². The normalized spacial score (nSPS) is 10.2. The largest absolute Gasteiger partial charge is 0.504 e. The number of methoxy groups -OCH3 is 1. The van der Waals surface area contributed by atoms with Gasteiger partial charge in [0.05, 0.1) is 13.7 Å². The Morgan fingerprint density at radius 2 is 1.82 bits per heavy atom. The second-order valence-corrected chi connectivity index (χ2v) is 4.07. The maximum absolute atomic E-state index is 11.5. The van der Waals surface area contributed by atoms with Gasteiger partial charge in [-0.05, 0) is 18.6 Å². The number of hydrogen-bond donors (Lipinski definition) is 1. The highest BCUT2D eigenvalue weighted by molar-refractivity contribution is 5.91. The van der Waals surface area contributed by atoms with E-state index in [1.807, 2.05) is 0 Å². The van der Waals surface area contributed by atoms with Crippen molar-refractivity contribution in [1.29, 1.82) is 0 Å². The standard InChI is InChI=1S/C15H16O7/c1-20-13(17)8-9-14(18)21-10-4-7-15(19)22-12-6-3-2-5-11(12)16/h2-3,5-6,8-9,16H,4,7,10H2,1H3/b9-8-. The van der Waals surface area contributed by atoms with E-state index in [9.17, 15) is 19.5 Å². The van der Waals surface area contributed by atoms with Crippen LogP contribution in [0.5, 0.6) is 11.5 Å². The van der Waals surface area contributed by atoms with E-state index in [0.717, 1.165) is 12.2 Å². The summed E-state index contributed by atoms with van der Waals surface area (Å²) in [6.45, 7) is 0.000216. The van der Waals surface area contributed by atoms with Crippen molar-refractivity contribution >= 4 is 17.9 Å². The number of aromatic hydroxyl groups is 1. The molecule has 1 aromatic rings. The molecule has 0 spiro atoms. The lowest BCUT2D eigenvalue weighted by Crippen LogP contribution is -2.10. The maximum atomic E-state index is 11.5. The Balaban J connectivity index is 2.23. The fourth-order valence-electron chi connectivity index (χ4n) is 1.36. The van der Waals surface area contributed by atoms with E-state index >= 15 is 0 Å². The van der Waals surface area contributed by atoms with E-state index in [4.69, 9.17) is 9.47 Å². The summed E-state index contributed by atoms with van der Waals surface area (Å²) in [5.74, 6) is -1.98. The topological polar surface area (TPSA) is 99.1 Å². The van der Waals surface area contributed by atoms with Gasteiger partial charge in [-0.15, -0.1) is 0 Å². The van der Waals surface area contributed by atoms with E-state index < -0.39 is 17.9 Å². The Kier molecular flexibility index (Phi) is 7.18. The predicted molar refractivity (Wildman–Crippen MR) is 75.1 cm³/mol. The van der Waals surface area contributed by atoms with Crippen molar-refractivity contribution in [3.8, 4) is 11.5 Å². The molecule has 0 saturated heterocycles. The molecule has 0 aliphatic rings. The number of para-hydroxylation sites is 2. The molecular weight excluding hydrogens is 292 g/mol. The molecule has 1 aromatic carbocycles. The minimum absolute atomic E-state index is 0.000216. The van der Waals surface area contributed by atoms with Crippen LogP contribution in [-0.2, 0) is 23.9 Å². The number of hydrogen-bond acceptors (Lipinski definition) is 7. The zero-order valence-electron chi connectivity index (χ0n) is 12.0. The SMILES string of the molecule is COC(=O)/C=C\C(=O)OCCCC(=O)Oc1ccccc1O. The molecule has 118 valence electrons. The molecule has 0 fully saturated rings. The maximum Gasteiger partial charge on any atom is 0.331 e. The molecule has 0 amide bonds. The number of benzene rings is 1. The zero-order valence-corrected chi connectivity index (χ0v) is 12.0. The molecular formula is C15H16O7. The summed E-state index contributed by atoms with van der Waals surface area (Å²) in [5.41, 5.74) is 0. The van der Waals surface area contributed by atoms with Crippen LogP contribution in [-0.4, -0.2) is 36.7 Å². The highest BCUT2D eigenvalue weighted by Crippen LogP contribution is 2.24. The summed E-state index contributed by atoms with van der Waals surface area (Å²) < 4.78 is 14.0. The molecule has 0 unspecified atom stereocenters. The second-order valence-electron chi connectivity index (χ2n) is 4.07. The van der Waals surface area contributed by atoms with Gasteiger partial charge in [-0.25, -0.2) is 9.59 Å². The van der Waals surface area contributed by atoms with E-state index in [1.54, 1.807) is 12.1 Å². The number of rotatable bonds is 7. The second kappa shape index (κ2) is 9.17. The minimum atomic E-state index is -0.709. The molecule has 0 aliphatic heterocycles. The number of carbonyl (C=O) groups excluding carboxylic acids is 3. The van der Waals surface area contributed by atoms with Crippen LogP contribution in [0.25, 0.3) is 0 Å². The lowest BCUT2D eigenvalue weighted by atomic mass is 10.3. The van der Waals surface area contributed by atoms with Gasteiger partial charge in [0.2, 0.25) is 0 Å². The Morgan fingerprint density at radius 1 is 1.14 bits per heavy atom. The summed E-state index contributed by atoms with van der Waals surface area (Å²) in [6.07, 6.45) is 2.15. The summed E-state index contributed by atoms with van der Waals surface area (Å²) >= 11 is 0. The van der Waals surface area contributed by atoms with Crippen LogP contribution < -0.4 is 4.74 Å². The predicted octanol–water partition coefficient (Wildman–Crippen LogP) is 1.35. The lowest BCUT2D eigenvalue weighted by Gasteiger charge is -2.06. The molecule has 22 heavy (non-hydrogen) atoms. The third kappa shape index (κ3) is 6.56. The molecule has 0 atom stereocenters.